The number of nitrogens with one attached hydrogen (secondary N) is 1. The van der Waals surface area contributed by atoms with E-state index in [0.717, 1.165) is 5.13 Å². The third-order valence-corrected chi connectivity index (χ3v) is 3.16. The van der Waals surface area contributed by atoms with E-state index in [1.807, 2.05) is 11.7 Å². The molecule has 0 saturated heterocycles. The highest BCUT2D eigenvalue weighted by Crippen LogP contribution is 2.21. The van der Waals surface area contributed by atoms with Crippen LogP contribution in [0.15, 0.2) is 17.2 Å². The smallest absolute Gasteiger partial charge is 0.205 e. The van der Waals surface area contributed by atoms with Gasteiger partial charge in [0.25, 0.3) is 0 Å². The van der Waals surface area contributed by atoms with Gasteiger partial charge in [-0.05, 0) is 6.92 Å². The Hall–Kier alpha value is -1.01. The molecule has 0 fully saturated rings. The zero-order chi connectivity index (χ0) is 9.10. The zero-order valence-electron chi connectivity index (χ0n) is 6.97. The predicted octanol–water partition coefficient (Wildman–Crippen LogP) is 2.17. The van der Waals surface area contributed by atoms with Gasteiger partial charge in [0.15, 0.2) is 0 Å². The molecule has 0 radical (unpaired) electrons. The molecular formula is C7H8N4S2. The molecule has 0 spiro atoms. The quantitative estimate of drug-likeness (QED) is 0.847. The van der Waals surface area contributed by atoms with E-state index in [9.17, 15) is 0 Å². The molecule has 0 saturated carbocycles. The molecule has 2 heterocycles. The third-order valence-electron chi connectivity index (χ3n) is 1.58. The Morgan fingerprint density at radius 3 is 2.92 bits per heavy atom. The summed E-state index contributed by atoms with van der Waals surface area (Å²) in [6.45, 7) is 2.08. The molecule has 0 aromatic carbocycles. The van der Waals surface area contributed by atoms with Crippen molar-refractivity contribution in [3.05, 3.63) is 22.1 Å². The van der Waals surface area contributed by atoms with Gasteiger partial charge in [0.2, 0.25) is 5.13 Å². The van der Waals surface area contributed by atoms with E-state index in [0.29, 0.717) is 0 Å². The molecule has 1 atom stereocenters. The summed E-state index contributed by atoms with van der Waals surface area (Å²) >= 11 is 3.14. The fourth-order valence-electron chi connectivity index (χ4n) is 0.932. The van der Waals surface area contributed by atoms with E-state index in [-0.39, 0.29) is 6.04 Å². The lowest BCUT2D eigenvalue weighted by atomic mass is 10.3. The molecule has 1 unspecified atom stereocenters. The number of aromatic nitrogens is 3. The number of hydrogen-bond donors (Lipinski definition) is 1. The Balaban J connectivity index is 2.04. The van der Waals surface area contributed by atoms with Gasteiger partial charge < -0.3 is 5.32 Å². The highest BCUT2D eigenvalue weighted by Gasteiger charge is 2.07. The Kier molecular flexibility index (Phi) is 2.51. The van der Waals surface area contributed by atoms with Gasteiger partial charge in [-0.3, -0.25) is 4.98 Å². The maximum absolute atomic E-state index is 4.02. The van der Waals surface area contributed by atoms with Crippen LogP contribution in [0.3, 0.4) is 0 Å². The first-order valence-electron chi connectivity index (χ1n) is 3.77. The van der Waals surface area contributed by atoms with Crippen LogP contribution in [-0.4, -0.2) is 15.2 Å². The van der Waals surface area contributed by atoms with Crippen molar-refractivity contribution in [2.45, 2.75) is 13.0 Å². The van der Waals surface area contributed by atoms with Gasteiger partial charge in [-0.15, -0.1) is 21.5 Å². The van der Waals surface area contributed by atoms with E-state index in [1.54, 1.807) is 16.8 Å². The Morgan fingerprint density at radius 1 is 1.38 bits per heavy atom. The van der Waals surface area contributed by atoms with Crippen LogP contribution in [-0.2, 0) is 0 Å². The summed E-state index contributed by atoms with van der Waals surface area (Å²) in [7, 11) is 0. The molecule has 13 heavy (non-hydrogen) atoms. The van der Waals surface area contributed by atoms with Gasteiger partial charge in [0.05, 0.1) is 11.6 Å². The summed E-state index contributed by atoms with van der Waals surface area (Å²) in [4.78, 5) is 5.22. The van der Waals surface area contributed by atoms with Gasteiger partial charge in [0, 0.05) is 11.1 Å². The van der Waals surface area contributed by atoms with Gasteiger partial charge in [-0.25, -0.2) is 0 Å². The molecule has 4 nitrogen and oxygen atoms in total. The topological polar surface area (TPSA) is 50.7 Å². The van der Waals surface area contributed by atoms with Gasteiger partial charge in [-0.1, -0.05) is 11.3 Å². The molecule has 1 N–H and O–H groups in total. The second-order valence-electron chi connectivity index (χ2n) is 2.51. The van der Waals surface area contributed by atoms with Crippen molar-refractivity contribution in [2.24, 2.45) is 0 Å². The van der Waals surface area contributed by atoms with Crippen molar-refractivity contribution in [3.8, 4) is 0 Å². The minimum Gasteiger partial charge on any atom is -0.353 e. The lowest BCUT2D eigenvalue weighted by Gasteiger charge is -2.08. The number of rotatable bonds is 3. The fourth-order valence-corrected chi connectivity index (χ4v) is 2.09. The first kappa shape index (κ1) is 8.58. The molecule has 68 valence electrons. The molecule has 0 aliphatic heterocycles. The van der Waals surface area contributed by atoms with Gasteiger partial charge in [-0.2, -0.15) is 0 Å². The average molecular weight is 212 g/mol. The largest absolute Gasteiger partial charge is 0.353 e. The van der Waals surface area contributed by atoms with E-state index >= 15 is 0 Å². The van der Waals surface area contributed by atoms with Gasteiger partial charge >= 0.3 is 0 Å². The van der Waals surface area contributed by atoms with Crippen LogP contribution < -0.4 is 5.32 Å². The van der Waals surface area contributed by atoms with Crippen LogP contribution in [0.1, 0.15) is 17.8 Å². The normalized spacial score (nSPS) is 12.7. The molecule has 2 aromatic rings. The van der Waals surface area contributed by atoms with Gasteiger partial charge in [0.1, 0.15) is 5.51 Å². The summed E-state index contributed by atoms with van der Waals surface area (Å²) in [6, 6.07) is 0.250. The average Bonchev–Trinajstić information content (AvgIpc) is 2.74. The zero-order valence-corrected chi connectivity index (χ0v) is 8.60. The van der Waals surface area contributed by atoms with Crippen LogP contribution in [0, 0.1) is 0 Å². The van der Waals surface area contributed by atoms with Crippen molar-refractivity contribution < 1.29 is 0 Å². The maximum atomic E-state index is 4.02. The Morgan fingerprint density at radius 2 is 2.31 bits per heavy atom. The highest BCUT2D eigenvalue weighted by molar-refractivity contribution is 7.13. The first-order valence-corrected chi connectivity index (χ1v) is 5.53. The van der Waals surface area contributed by atoms with E-state index in [1.165, 1.54) is 16.2 Å². The van der Waals surface area contributed by atoms with Crippen LogP contribution in [0.25, 0.3) is 0 Å². The fraction of sp³-hybridized carbons (Fsp3) is 0.286. The minimum atomic E-state index is 0.250. The maximum Gasteiger partial charge on any atom is 0.205 e. The molecule has 6 heteroatoms. The molecule has 0 aliphatic rings. The summed E-state index contributed by atoms with van der Waals surface area (Å²) < 4.78 is 0. The molecule has 2 rings (SSSR count). The molecule has 0 aliphatic carbocycles. The second-order valence-corrected chi connectivity index (χ2v) is 4.26. The van der Waals surface area contributed by atoms with E-state index in [2.05, 4.69) is 27.4 Å². The summed E-state index contributed by atoms with van der Waals surface area (Å²) in [5.41, 5.74) is 3.54. The van der Waals surface area contributed by atoms with Crippen molar-refractivity contribution in [1.82, 2.24) is 15.2 Å². The monoisotopic (exact) mass is 212 g/mol. The van der Waals surface area contributed by atoms with Crippen LogP contribution in [0.2, 0.25) is 0 Å². The highest BCUT2D eigenvalue weighted by atomic mass is 32.1. The van der Waals surface area contributed by atoms with Crippen LogP contribution >= 0.6 is 22.7 Å². The number of anilines is 1. The van der Waals surface area contributed by atoms with Crippen molar-refractivity contribution in [1.29, 1.82) is 0 Å². The summed E-state index contributed by atoms with van der Waals surface area (Å²) in [5, 5.41) is 11.7. The van der Waals surface area contributed by atoms with Crippen LogP contribution in [0.5, 0.6) is 0 Å². The number of nitrogens with zero attached hydrogens (tertiary/aromatic N) is 3. The van der Waals surface area contributed by atoms with E-state index in [4.69, 9.17) is 0 Å². The first-order chi connectivity index (χ1) is 6.36. The molecule has 0 bridgehead atoms. The lowest BCUT2D eigenvalue weighted by Crippen LogP contribution is -2.04. The molecule has 0 amide bonds. The molecular weight excluding hydrogens is 204 g/mol. The third kappa shape index (κ3) is 2.02. The standard InChI is InChI=1S/C7H8N4S2/c1-5(6-2-8-3-12-6)10-7-11-9-4-13-7/h2-5H,1H3,(H,10,11). The minimum absolute atomic E-state index is 0.250. The Bertz CT molecular complexity index is 342. The van der Waals surface area contributed by atoms with Crippen LogP contribution in [0.4, 0.5) is 5.13 Å². The van der Waals surface area contributed by atoms with Crippen molar-refractivity contribution >= 4 is 27.8 Å². The van der Waals surface area contributed by atoms with Crippen molar-refractivity contribution in [3.63, 3.8) is 0 Å². The Labute approximate surface area is 83.7 Å². The van der Waals surface area contributed by atoms with Crippen molar-refractivity contribution in [2.75, 3.05) is 5.32 Å². The number of thiazole rings is 1. The second kappa shape index (κ2) is 3.80. The summed E-state index contributed by atoms with van der Waals surface area (Å²) in [5.74, 6) is 0. The summed E-state index contributed by atoms with van der Waals surface area (Å²) in [6.07, 6.45) is 1.86. The predicted molar refractivity (Wildman–Crippen MR) is 54.1 cm³/mol. The molecule has 2 aromatic heterocycles. The van der Waals surface area contributed by atoms with E-state index < -0.39 is 0 Å². The lowest BCUT2D eigenvalue weighted by molar-refractivity contribution is 0.890. The number of hydrogen-bond acceptors (Lipinski definition) is 6. The SMILES string of the molecule is CC(Nc1nncs1)c1cncs1.